The number of halogens is 1. The molecule has 1 aliphatic heterocycles. The molecule has 0 saturated carbocycles. The van der Waals surface area contributed by atoms with E-state index >= 15 is 0 Å². The fourth-order valence-electron chi connectivity index (χ4n) is 3.35. The molecule has 5 rings (SSSR count). The lowest BCUT2D eigenvalue weighted by atomic mass is 9.95. The number of nitrogens with one attached hydrogen (secondary N) is 1. The maximum atomic E-state index is 12.6. The zero-order valence-electron chi connectivity index (χ0n) is 13.4. The van der Waals surface area contributed by atoms with E-state index in [-0.39, 0.29) is 5.91 Å². The molecule has 2 aromatic heterocycles. The number of benzene rings is 2. The van der Waals surface area contributed by atoms with Crippen molar-refractivity contribution in [2.75, 3.05) is 5.32 Å². The minimum absolute atomic E-state index is 0.0921. The monoisotopic (exact) mass is 405 g/mol. The van der Waals surface area contributed by atoms with Gasteiger partial charge in [0.1, 0.15) is 12.2 Å². The predicted octanol–water partition coefficient (Wildman–Crippen LogP) is 3.66. The summed E-state index contributed by atoms with van der Waals surface area (Å²) in [5.41, 5.74) is 3.96. The number of fused-ring (bicyclic) bond motifs is 2. The standard InChI is InChI=1S/C19H12BrN5O/c20-11-6-7-15-13(8-11)16(19(26)24-15)17-14-9-23-25(18(14)22-10-21-17)12-4-2-1-3-5-12/h1-10,16H,(H,24,26). The minimum Gasteiger partial charge on any atom is -0.325 e. The van der Waals surface area contributed by atoms with Crippen molar-refractivity contribution < 1.29 is 4.79 Å². The van der Waals surface area contributed by atoms with Gasteiger partial charge in [0.05, 0.1) is 23.0 Å². The first-order valence-corrected chi connectivity index (χ1v) is 8.86. The summed E-state index contributed by atoms with van der Waals surface area (Å²) in [6.45, 7) is 0. The third kappa shape index (κ3) is 2.24. The van der Waals surface area contributed by atoms with E-state index in [1.807, 2.05) is 48.5 Å². The minimum atomic E-state index is -0.485. The lowest BCUT2D eigenvalue weighted by molar-refractivity contribution is -0.116. The Bertz CT molecular complexity index is 1160. The van der Waals surface area contributed by atoms with Crippen molar-refractivity contribution in [1.29, 1.82) is 0 Å². The zero-order chi connectivity index (χ0) is 17.7. The highest BCUT2D eigenvalue weighted by Gasteiger charge is 2.35. The van der Waals surface area contributed by atoms with Gasteiger partial charge in [-0.05, 0) is 35.9 Å². The number of para-hydroxylation sites is 1. The van der Waals surface area contributed by atoms with E-state index in [0.29, 0.717) is 11.3 Å². The first-order valence-electron chi connectivity index (χ1n) is 8.07. The molecule has 1 N–H and O–H groups in total. The van der Waals surface area contributed by atoms with Crippen LogP contribution in [0, 0.1) is 0 Å². The van der Waals surface area contributed by atoms with Crippen LogP contribution in [0.25, 0.3) is 16.7 Å². The van der Waals surface area contributed by atoms with Crippen LogP contribution in [0.2, 0.25) is 0 Å². The summed E-state index contributed by atoms with van der Waals surface area (Å²) in [5, 5.41) is 8.17. The van der Waals surface area contributed by atoms with Crippen molar-refractivity contribution in [3.05, 3.63) is 76.8 Å². The highest BCUT2D eigenvalue weighted by Crippen LogP contribution is 2.39. The highest BCUT2D eigenvalue weighted by molar-refractivity contribution is 9.10. The van der Waals surface area contributed by atoms with Crippen LogP contribution in [0.5, 0.6) is 0 Å². The summed E-state index contributed by atoms with van der Waals surface area (Å²) in [6, 6.07) is 15.5. The number of amides is 1. The molecule has 0 spiro atoms. The third-order valence-electron chi connectivity index (χ3n) is 4.52. The van der Waals surface area contributed by atoms with Gasteiger partial charge < -0.3 is 5.32 Å². The molecule has 0 radical (unpaired) electrons. The van der Waals surface area contributed by atoms with Gasteiger partial charge in [0.15, 0.2) is 5.65 Å². The highest BCUT2D eigenvalue weighted by atomic mass is 79.9. The van der Waals surface area contributed by atoms with E-state index in [1.54, 1.807) is 10.9 Å². The molecule has 1 aliphatic rings. The van der Waals surface area contributed by atoms with E-state index in [1.165, 1.54) is 6.33 Å². The van der Waals surface area contributed by atoms with Gasteiger partial charge in [-0.15, -0.1) is 0 Å². The number of rotatable bonds is 2. The summed E-state index contributed by atoms with van der Waals surface area (Å²) < 4.78 is 2.68. The van der Waals surface area contributed by atoms with Gasteiger partial charge in [-0.25, -0.2) is 14.6 Å². The molecule has 7 heteroatoms. The summed E-state index contributed by atoms with van der Waals surface area (Å²) in [6.07, 6.45) is 3.21. The van der Waals surface area contributed by atoms with E-state index in [4.69, 9.17) is 0 Å². The Morgan fingerprint density at radius 1 is 1.08 bits per heavy atom. The normalized spacial score (nSPS) is 15.9. The molecule has 1 unspecified atom stereocenters. The van der Waals surface area contributed by atoms with Crippen LogP contribution in [-0.2, 0) is 4.79 Å². The second kappa shape index (κ2) is 5.74. The average Bonchev–Trinajstić information content (AvgIpc) is 3.23. The Kier molecular flexibility index (Phi) is 3.36. The lowest BCUT2D eigenvalue weighted by Crippen LogP contribution is -2.15. The van der Waals surface area contributed by atoms with Gasteiger partial charge in [-0.2, -0.15) is 5.10 Å². The lowest BCUT2D eigenvalue weighted by Gasteiger charge is -2.10. The number of aromatic nitrogens is 4. The number of carbonyl (C=O) groups is 1. The van der Waals surface area contributed by atoms with Crippen molar-refractivity contribution in [1.82, 2.24) is 19.7 Å². The van der Waals surface area contributed by atoms with Gasteiger partial charge in [0, 0.05) is 10.2 Å². The third-order valence-corrected chi connectivity index (χ3v) is 5.01. The van der Waals surface area contributed by atoms with Crippen molar-refractivity contribution in [3.63, 3.8) is 0 Å². The van der Waals surface area contributed by atoms with Crippen LogP contribution in [0.3, 0.4) is 0 Å². The molecule has 0 fully saturated rings. The smallest absolute Gasteiger partial charge is 0.238 e. The predicted molar refractivity (Wildman–Crippen MR) is 101 cm³/mol. The molecular weight excluding hydrogens is 394 g/mol. The zero-order valence-corrected chi connectivity index (χ0v) is 15.0. The summed E-state index contributed by atoms with van der Waals surface area (Å²) in [7, 11) is 0. The van der Waals surface area contributed by atoms with Crippen molar-refractivity contribution in [2.24, 2.45) is 0 Å². The maximum absolute atomic E-state index is 12.6. The maximum Gasteiger partial charge on any atom is 0.238 e. The largest absolute Gasteiger partial charge is 0.325 e. The second-order valence-electron chi connectivity index (χ2n) is 6.04. The van der Waals surface area contributed by atoms with E-state index in [9.17, 15) is 4.79 Å². The number of carbonyl (C=O) groups excluding carboxylic acids is 1. The Morgan fingerprint density at radius 3 is 2.77 bits per heavy atom. The van der Waals surface area contributed by atoms with Gasteiger partial charge in [-0.1, -0.05) is 34.1 Å². The Morgan fingerprint density at radius 2 is 1.92 bits per heavy atom. The number of anilines is 1. The van der Waals surface area contributed by atoms with Crippen LogP contribution >= 0.6 is 15.9 Å². The van der Waals surface area contributed by atoms with Gasteiger partial charge in [-0.3, -0.25) is 4.79 Å². The molecule has 126 valence electrons. The van der Waals surface area contributed by atoms with Gasteiger partial charge in [0.25, 0.3) is 0 Å². The molecular formula is C19H12BrN5O. The molecule has 26 heavy (non-hydrogen) atoms. The number of hydrogen-bond acceptors (Lipinski definition) is 4. The molecule has 0 aliphatic carbocycles. The molecule has 1 atom stereocenters. The average molecular weight is 406 g/mol. The Labute approximate surface area is 157 Å². The van der Waals surface area contributed by atoms with Crippen molar-refractivity contribution in [2.45, 2.75) is 5.92 Å². The molecule has 3 heterocycles. The van der Waals surface area contributed by atoms with Crippen LogP contribution in [-0.4, -0.2) is 25.7 Å². The van der Waals surface area contributed by atoms with E-state index in [2.05, 4.69) is 36.3 Å². The number of nitrogens with zero attached hydrogens (tertiary/aromatic N) is 4. The fraction of sp³-hybridized carbons (Fsp3) is 0.0526. The summed E-state index contributed by atoms with van der Waals surface area (Å²) in [4.78, 5) is 21.5. The quantitative estimate of drug-likeness (QED) is 0.552. The van der Waals surface area contributed by atoms with Crippen LogP contribution in [0.4, 0.5) is 5.69 Å². The molecule has 0 saturated heterocycles. The fourth-order valence-corrected chi connectivity index (χ4v) is 3.73. The SMILES string of the molecule is O=C1Nc2ccc(Br)cc2C1c1ncnc2c1cnn2-c1ccccc1. The van der Waals surface area contributed by atoms with Gasteiger partial charge in [0.2, 0.25) is 5.91 Å². The van der Waals surface area contributed by atoms with Crippen molar-refractivity contribution in [3.8, 4) is 5.69 Å². The molecule has 2 aromatic carbocycles. The van der Waals surface area contributed by atoms with E-state index < -0.39 is 5.92 Å². The Hall–Kier alpha value is -3.06. The van der Waals surface area contributed by atoms with Crippen LogP contribution in [0.1, 0.15) is 17.2 Å². The van der Waals surface area contributed by atoms with Gasteiger partial charge >= 0.3 is 0 Å². The molecule has 1 amide bonds. The summed E-state index contributed by atoms with van der Waals surface area (Å²) >= 11 is 3.48. The first kappa shape index (κ1) is 15.2. The van der Waals surface area contributed by atoms with Crippen molar-refractivity contribution >= 4 is 38.6 Å². The molecule has 6 nitrogen and oxygen atoms in total. The topological polar surface area (TPSA) is 72.7 Å². The second-order valence-corrected chi connectivity index (χ2v) is 6.96. The van der Waals surface area contributed by atoms with E-state index in [0.717, 1.165) is 26.8 Å². The molecule has 4 aromatic rings. The molecule has 0 bridgehead atoms. The Balaban J connectivity index is 1.71. The summed E-state index contributed by atoms with van der Waals surface area (Å²) in [5.74, 6) is -0.577. The number of hydrogen-bond donors (Lipinski definition) is 1. The first-order chi connectivity index (χ1) is 12.7. The van der Waals surface area contributed by atoms with Crippen LogP contribution < -0.4 is 5.32 Å². The van der Waals surface area contributed by atoms with Crippen LogP contribution in [0.15, 0.2) is 65.5 Å².